The molecule has 1 aliphatic carbocycles. The van der Waals surface area contributed by atoms with Crippen molar-refractivity contribution in [2.45, 2.75) is 31.3 Å². The lowest BCUT2D eigenvalue weighted by Crippen LogP contribution is -2.54. The Kier molecular flexibility index (Phi) is 3.16. The molecule has 0 heterocycles. The molecule has 0 bridgehead atoms. The third-order valence-corrected chi connectivity index (χ3v) is 4.58. The molecular weight excluding hydrogens is 232 g/mol. The van der Waals surface area contributed by atoms with Crippen LogP contribution in [0.5, 0.6) is 0 Å². The summed E-state index contributed by atoms with van der Waals surface area (Å²) in [6, 6.07) is 20.7. The fourth-order valence-electron chi connectivity index (χ4n) is 3.27. The number of rotatable bonds is 3. The number of benzene rings is 2. The Labute approximate surface area is 114 Å². The molecule has 1 N–H and O–H groups in total. The molecular formula is C18H20O. The monoisotopic (exact) mass is 252 g/mol. The van der Waals surface area contributed by atoms with Crippen molar-refractivity contribution in [2.75, 3.05) is 0 Å². The van der Waals surface area contributed by atoms with E-state index in [1.165, 1.54) is 11.1 Å². The van der Waals surface area contributed by atoms with Crippen LogP contribution >= 0.6 is 0 Å². The van der Waals surface area contributed by atoms with E-state index in [2.05, 4.69) is 43.3 Å². The van der Waals surface area contributed by atoms with Gasteiger partial charge in [-0.3, -0.25) is 0 Å². The molecule has 0 radical (unpaired) electrons. The van der Waals surface area contributed by atoms with Crippen molar-refractivity contribution < 1.29 is 5.11 Å². The predicted molar refractivity (Wildman–Crippen MR) is 78.1 cm³/mol. The van der Waals surface area contributed by atoms with Gasteiger partial charge in [0.25, 0.3) is 0 Å². The Morgan fingerprint density at radius 1 is 1.00 bits per heavy atom. The smallest absolute Gasteiger partial charge is 0.0781 e. The summed E-state index contributed by atoms with van der Waals surface area (Å²) in [6.45, 7) is 2.16. The maximum absolute atomic E-state index is 11.0. The van der Waals surface area contributed by atoms with Gasteiger partial charge in [-0.25, -0.2) is 0 Å². The fourth-order valence-corrected chi connectivity index (χ4v) is 3.27. The van der Waals surface area contributed by atoms with Crippen LogP contribution in [-0.4, -0.2) is 10.7 Å². The second-order valence-electron chi connectivity index (χ2n) is 5.75. The molecule has 0 aliphatic heterocycles. The van der Waals surface area contributed by atoms with E-state index in [1.54, 1.807) is 0 Å². The quantitative estimate of drug-likeness (QED) is 0.881. The van der Waals surface area contributed by atoms with Crippen LogP contribution in [0.1, 0.15) is 30.4 Å². The lowest BCUT2D eigenvalue weighted by atomic mass is 9.57. The Bertz CT molecular complexity index is 534. The first-order chi connectivity index (χ1) is 9.20. The van der Waals surface area contributed by atoms with E-state index in [-0.39, 0.29) is 5.92 Å². The highest BCUT2D eigenvalue weighted by Gasteiger charge is 2.51. The highest BCUT2D eigenvalue weighted by Crippen LogP contribution is 2.51. The van der Waals surface area contributed by atoms with Crippen LogP contribution in [-0.2, 0) is 6.42 Å². The van der Waals surface area contributed by atoms with Crippen LogP contribution in [0.25, 0.3) is 0 Å². The first-order valence-corrected chi connectivity index (χ1v) is 7.01. The number of aliphatic hydroxyl groups is 1. The molecule has 3 atom stereocenters. The first-order valence-electron chi connectivity index (χ1n) is 7.01. The standard InChI is InChI=1S/C18H20O/c1-14-12-17(16-10-6-3-7-11-16)18(14,19)13-15-8-4-2-5-9-15/h2-11,14,17,19H,12-13H2,1H3. The lowest BCUT2D eigenvalue weighted by Gasteiger charge is -2.52. The normalized spacial score (nSPS) is 29.8. The second-order valence-corrected chi connectivity index (χ2v) is 5.75. The molecule has 0 aromatic heterocycles. The Morgan fingerprint density at radius 3 is 2.16 bits per heavy atom. The summed E-state index contributed by atoms with van der Waals surface area (Å²) in [4.78, 5) is 0. The van der Waals surface area contributed by atoms with Gasteiger partial charge in [0.1, 0.15) is 0 Å². The average molecular weight is 252 g/mol. The molecule has 1 nitrogen and oxygen atoms in total. The zero-order valence-electron chi connectivity index (χ0n) is 11.3. The zero-order valence-corrected chi connectivity index (χ0v) is 11.3. The molecule has 0 amide bonds. The van der Waals surface area contributed by atoms with Gasteiger partial charge >= 0.3 is 0 Å². The Morgan fingerprint density at radius 2 is 1.58 bits per heavy atom. The van der Waals surface area contributed by atoms with Crippen LogP contribution in [0.3, 0.4) is 0 Å². The molecule has 1 heteroatoms. The summed E-state index contributed by atoms with van der Waals surface area (Å²) >= 11 is 0. The average Bonchev–Trinajstić information content (AvgIpc) is 2.46. The molecule has 2 aromatic carbocycles. The molecule has 0 saturated heterocycles. The highest BCUT2D eigenvalue weighted by atomic mass is 16.3. The summed E-state index contributed by atoms with van der Waals surface area (Å²) in [5.41, 5.74) is 1.89. The van der Waals surface area contributed by atoms with Crippen LogP contribution in [0, 0.1) is 5.92 Å². The Hall–Kier alpha value is -1.60. The van der Waals surface area contributed by atoms with Crippen molar-refractivity contribution >= 4 is 0 Å². The topological polar surface area (TPSA) is 20.2 Å². The van der Waals surface area contributed by atoms with E-state index < -0.39 is 5.60 Å². The summed E-state index contributed by atoms with van der Waals surface area (Å²) < 4.78 is 0. The maximum atomic E-state index is 11.0. The zero-order chi connectivity index (χ0) is 13.3. The molecule has 2 aromatic rings. The van der Waals surface area contributed by atoms with E-state index in [9.17, 15) is 5.11 Å². The number of hydrogen-bond donors (Lipinski definition) is 1. The maximum Gasteiger partial charge on any atom is 0.0781 e. The van der Waals surface area contributed by atoms with Gasteiger partial charge in [0.05, 0.1) is 5.60 Å². The summed E-state index contributed by atoms with van der Waals surface area (Å²) in [5.74, 6) is 0.627. The van der Waals surface area contributed by atoms with Crippen LogP contribution in [0.4, 0.5) is 0 Å². The van der Waals surface area contributed by atoms with Gasteiger partial charge in [-0.15, -0.1) is 0 Å². The summed E-state index contributed by atoms with van der Waals surface area (Å²) in [6.07, 6.45) is 1.82. The van der Waals surface area contributed by atoms with Crippen molar-refractivity contribution in [3.05, 3.63) is 71.8 Å². The minimum Gasteiger partial charge on any atom is -0.389 e. The van der Waals surface area contributed by atoms with Crippen LogP contribution < -0.4 is 0 Å². The van der Waals surface area contributed by atoms with Gasteiger partial charge < -0.3 is 5.11 Å². The van der Waals surface area contributed by atoms with Crippen molar-refractivity contribution in [1.29, 1.82) is 0 Å². The Balaban J connectivity index is 1.85. The van der Waals surface area contributed by atoms with E-state index in [1.807, 2.05) is 24.3 Å². The second kappa shape index (κ2) is 4.82. The fraction of sp³-hybridized carbons (Fsp3) is 0.333. The minimum atomic E-state index is -0.595. The molecule has 1 fully saturated rings. The van der Waals surface area contributed by atoms with Gasteiger partial charge in [0, 0.05) is 12.3 Å². The van der Waals surface area contributed by atoms with Crippen molar-refractivity contribution in [3.63, 3.8) is 0 Å². The van der Waals surface area contributed by atoms with Crippen molar-refractivity contribution in [3.8, 4) is 0 Å². The first kappa shape index (κ1) is 12.4. The third-order valence-electron chi connectivity index (χ3n) is 4.58. The van der Waals surface area contributed by atoms with E-state index in [0.717, 1.165) is 12.8 Å². The molecule has 3 rings (SSSR count). The molecule has 0 spiro atoms. The summed E-state index contributed by atoms with van der Waals surface area (Å²) in [7, 11) is 0. The molecule has 19 heavy (non-hydrogen) atoms. The van der Waals surface area contributed by atoms with E-state index >= 15 is 0 Å². The largest absolute Gasteiger partial charge is 0.389 e. The van der Waals surface area contributed by atoms with Gasteiger partial charge in [-0.05, 0) is 23.5 Å². The predicted octanol–water partition coefficient (Wildman–Crippen LogP) is 3.78. The van der Waals surface area contributed by atoms with Crippen LogP contribution in [0.15, 0.2) is 60.7 Å². The molecule has 1 saturated carbocycles. The van der Waals surface area contributed by atoms with Gasteiger partial charge in [-0.1, -0.05) is 67.6 Å². The van der Waals surface area contributed by atoms with E-state index in [4.69, 9.17) is 0 Å². The van der Waals surface area contributed by atoms with Gasteiger partial charge in [0.2, 0.25) is 0 Å². The summed E-state index contributed by atoms with van der Waals surface area (Å²) in [5, 5.41) is 11.0. The molecule has 98 valence electrons. The minimum absolute atomic E-state index is 0.268. The van der Waals surface area contributed by atoms with Gasteiger partial charge in [0.15, 0.2) is 0 Å². The van der Waals surface area contributed by atoms with Crippen molar-refractivity contribution in [1.82, 2.24) is 0 Å². The van der Waals surface area contributed by atoms with Crippen molar-refractivity contribution in [2.24, 2.45) is 5.92 Å². The van der Waals surface area contributed by atoms with Gasteiger partial charge in [-0.2, -0.15) is 0 Å². The number of hydrogen-bond acceptors (Lipinski definition) is 1. The molecule has 3 unspecified atom stereocenters. The lowest BCUT2D eigenvalue weighted by molar-refractivity contribution is -0.109. The highest BCUT2D eigenvalue weighted by molar-refractivity contribution is 5.30. The van der Waals surface area contributed by atoms with Crippen LogP contribution in [0.2, 0.25) is 0 Å². The third kappa shape index (κ3) is 2.19. The van der Waals surface area contributed by atoms with E-state index in [0.29, 0.717) is 5.92 Å². The SMILES string of the molecule is CC1CC(c2ccccc2)C1(O)Cc1ccccc1. The molecule has 1 aliphatic rings.